The second-order valence-corrected chi connectivity index (χ2v) is 10.2. The van der Waals surface area contributed by atoms with Crippen LogP contribution >= 0.6 is 23.2 Å². The lowest BCUT2D eigenvalue weighted by Gasteiger charge is -2.25. The molecule has 1 saturated carbocycles. The zero-order chi connectivity index (χ0) is 25.8. The van der Waals surface area contributed by atoms with Crippen LogP contribution in [0, 0.1) is 0 Å². The third-order valence-electron chi connectivity index (χ3n) is 6.74. The van der Waals surface area contributed by atoms with E-state index in [0.717, 1.165) is 31.2 Å². The van der Waals surface area contributed by atoms with Gasteiger partial charge >= 0.3 is 0 Å². The number of nitrogens with zero attached hydrogens (tertiary/aromatic N) is 2. The second-order valence-electron chi connectivity index (χ2n) is 9.36. The molecule has 0 aliphatic heterocycles. The van der Waals surface area contributed by atoms with E-state index in [9.17, 15) is 9.59 Å². The summed E-state index contributed by atoms with van der Waals surface area (Å²) in [6, 6.07) is 23.9. The molecular formula is C30H27Cl2N3O2. The van der Waals surface area contributed by atoms with Crippen molar-refractivity contribution in [1.82, 2.24) is 14.9 Å². The molecule has 1 aliphatic rings. The van der Waals surface area contributed by atoms with Crippen molar-refractivity contribution in [2.45, 2.75) is 44.7 Å². The van der Waals surface area contributed by atoms with Crippen molar-refractivity contribution in [3.8, 4) is 22.5 Å². The van der Waals surface area contributed by atoms with Gasteiger partial charge in [0.1, 0.15) is 17.1 Å². The molecule has 0 saturated heterocycles. The number of amides is 1. The van der Waals surface area contributed by atoms with Gasteiger partial charge in [-0.3, -0.25) is 14.2 Å². The molecule has 0 radical (unpaired) electrons. The Hall–Kier alpha value is -3.41. The van der Waals surface area contributed by atoms with Crippen LogP contribution < -0.4 is 10.9 Å². The van der Waals surface area contributed by atoms with Gasteiger partial charge in [-0.1, -0.05) is 97.1 Å². The Labute approximate surface area is 226 Å². The fraction of sp³-hybridized carbons (Fsp3) is 0.233. The van der Waals surface area contributed by atoms with E-state index in [0.29, 0.717) is 26.9 Å². The van der Waals surface area contributed by atoms with E-state index in [1.54, 1.807) is 28.8 Å². The van der Waals surface area contributed by atoms with Crippen molar-refractivity contribution in [2.24, 2.45) is 0 Å². The van der Waals surface area contributed by atoms with Crippen molar-refractivity contribution < 1.29 is 4.79 Å². The summed E-state index contributed by atoms with van der Waals surface area (Å²) in [5.41, 5.74) is 2.89. The minimum Gasteiger partial charge on any atom is -0.348 e. The predicted molar refractivity (Wildman–Crippen MR) is 149 cm³/mol. The highest BCUT2D eigenvalue weighted by Gasteiger charge is 2.26. The summed E-state index contributed by atoms with van der Waals surface area (Å²) >= 11 is 12.3. The minimum absolute atomic E-state index is 0.0761. The number of nitrogens with one attached hydrogen (secondary N) is 1. The lowest BCUT2D eigenvalue weighted by atomic mass is 9.95. The van der Waals surface area contributed by atoms with Crippen molar-refractivity contribution >= 4 is 29.1 Å². The van der Waals surface area contributed by atoms with E-state index < -0.39 is 0 Å². The molecule has 0 atom stereocenters. The summed E-state index contributed by atoms with van der Waals surface area (Å²) in [5.74, 6) is -0.296. The molecule has 0 bridgehead atoms. The van der Waals surface area contributed by atoms with Gasteiger partial charge in [0.15, 0.2) is 0 Å². The van der Waals surface area contributed by atoms with Crippen LogP contribution in [0.5, 0.6) is 0 Å². The lowest BCUT2D eigenvalue weighted by molar-refractivity contribution is 0.0917. The highest BCUT2D eigenvalue weighted by Crippen LogP contribution is 2.27. The van der Waals surface area contributed by atoms with Gasteiger partial charge in [-0.2, -0.15) is 0 Å². The Bertz CT molecular complexity index is 1440. The van der Waals surface area contributed by atoms with E-state index in [-0.39, 0.29) is 35.4 Å². The third kappa shape index (κ3) is 5.79. The van der Waals surface area contributed by atoms with Gasteiger partial charge in [-0.25, -0.2) is 4.98 Å². The van der Waals surface area contributed by atoms with Crippen molar-refractivity contribution in [3.63, 3.8) is 0 Å². The summed E-state index contributed by atoms with van der Waals surface area (Å²) in [4.78, 5) is 32.7. The van der Waals surface area contributed by atoms with Crippen LogP contribution in [0.4, 0.5) is 0 Å². The Kier molecular flexibility index (Phi) is 7.73. The highest BCUT2D eigenvalue weighted by atomic mass is 35.5. The molecule has 5 rings (SSSR count). The Morgan fingerprint density at radius 2 is 1.41 bits per heavy atom. The number of benzene rings is 3. The van der Waals surface area contributed by atoms with Gasteiger partial charge in [-0.15, -0.1) is 0 Å². The summed E-state index contributed by atoms with van der Waals surface area (Å²) in [5, 5.41) is 4.38. The number of halogens is 2. The monoisotopic (exact) mass is 531 g/mol. The lowest BCUT2D eigenvalue weighted by Crippen LogP contribution is -2.40. The van der Waals surface area contributed by atoms with Crippen LogP contribution in [0.1, 0.15) is 48.2 Å². The third-order valence-corrected chi connectivity index (χ3v) is 7.24. The maximum Gasteiger partial charge on any atom is 0.278 e. The molecule has 188 valence electrons. The summed E-state index contributed by atoms with van der Waals surface area (Å²) < 4.78 is 1.54. The van der Waals surface area contributed by atoms with Crippen LogP contribution in [-0.2, 0) is 6.54 Å². The van der Waals surface area contributed by atoms with E-state index in [2.05, 4.69) is 5.32 Å². The predicted octanol–water partition coefficient (Wildman–Crippen LogP) is 6.99. The van der Waals surface area contributed by atoms with Crippen molar-refractivity contribution in [2.75, 3.05) is 0 Å². The Morgan fingerprint density at radius 1 is 0.811 bits per heavy atom. The van der Waals surface area contributed by atoms with Crippen LogP contribution in [0.2, 0.25) is 10.0 Å². The molecule has 7 heteroatoms. The van der Waals surface area contributed by atoms with Crippen LogP contribution in [0.15, 0.2) is 83.7 Å². The highest BCUT2D eigenvalue weighted by molar-refractivity contribution is 6.30. The van der Waals surface area contributed by atoms with Gasteiger partial charge in [0.05, 0.1) is 6.54 Å². The average molecular weight is 532 g/mol. The van der Waals surface area contributed by atoms with Gasteiger partial charge in [-0.05, 0) is 42.7 Å². The molecule has 37 heavy (non-hydrogen) atoms. The topological polar surface area (TPSA) is 64.0 Å². The first kappa shape index (κ1) is 25.2. The quantitative estimate of drug-likeness (QED) is 0.291. The molecule has 1 N–H and O–H groups in total. The number of carbonyl (C=O) groups excluding carboxylic acids is 1. The van der Waals surface area contributed by atoms with E-state index in [4.69, 9.17) is 28.2 Å². The fourth-order valence-electron chi connectivity index (χ4n) is 4.82. The number of hydrogen-bond donors (Lipinski definition) is 1. The van der Waals surface area contributed by atoms with Gasteiger partial charge < -0.3 is 5.32 Å². The van der Waals surface area contributed by atoms with Gasteiger partial charge in [0.25, 0.3) is 11.5 Å². The van der Waals surface area contributed by atoms with Crippen LogP contribution in [0.3, 0.4) is 0 Å². The molecule has 4 aromatic rings. The minimum atomic E-state index is -0.326. The standard InChI is InChI=1S/C30H27Cl2N3O2/c31-23-15-11-20(12-16-23)19-35-28(29(36)33-25-9-5-2-6-10-25)26(22-13-17-24(32)18-14-22)34-27(30(35)37)21-7-3-1-4-8-21/h1,3-4,7-8,11-18,25H,2,5-6,9-10,19H2,(H,33,36). The summed E-state index contributed by atoms with van der Waals surface area (Å²) in [7, 11) is 0. The van der Waals surface area contributed by atoms with Gasteiger partial charge in [0.2, 0.25) is 0 Å². The van der Waals surface area contributed by atoms with Crippen LogP contribution in [-0.4, -0.2) is 21.5 Å². The van der Waals surface area contributed by atoms with Gasteiger partial charge in [0, 0.05) is 27.2 Å². The molecule has 1 aliphatic carbocycles. The first-order valence-corrected chi connectivity index (χ1v) is 13.3. The molecule has 1 aromatic heterocycles. The number of rotatable bonds is 6. The molecule has 0 spiro atoms. The molecule has 1 amide bonds. The van der Waals surface area contributed by atoms with E-state index in [1.807, 2.05) is 54.6 Å². The van der Waals surface area contributed by atoms with Crippen molar-refractivity contribution in [1.29, 1.82) is 0 Å². The normalized spacial score (nSPS) is 13.9. The molecular weight excluding hydrogens is 505 g/mol. The molecule has 5 nitrogen and oxygen atoms in total. The second kappa shape index (κ2) is 11.3. The molecule has 1 heterocycles. The maximum absolute atomic E-state index is 14.0. The van der Waals surface area contributed by atoms with E-state index >= 15 is 0 Å². The maximum atomic E-state index is 14.0. The summed E-state index contributed by atoms with van der Waals surface area (Å²) in [6.07, 6.45) is 5.20. The van der Waals surface area contributed by atoms with Crippen molar-refractivity contribution in [3.05, 3.63) is 111 Å². The van der Waals surface area contributed by atoms with Crippen LogP contribution in [0.25, 0.3) is 22.5 Å². The first-order valence-electron chi connectivity index (χ1n) is 12.5. The first-order chi connectivity index (χ1) is 18.0. The SMILES string of the molecule is O=C(NC1CCCCC1)c1c(-c2ccc(Cl)cc2)nc(-c2ccccc2)c(=O)n1Cc1ccc(Cl)cc1. The Morgan fingerprint density at radius 3 is 2.05 bits per heavy atom. The number of hydrogen-bond acceptors (Lipinski definition) is 3. The summed E-state index contributed by atoms with van der Waals surface area (Å²) in [6.45, 7) is 0.201. The molecule has 1 fully saturated rings. The number of aromatic nitrogens is 2. The average Bonchev–Trinajstić information content (AvgIpc) is 2.92. The smallest absolute Gasteiger partial charge is 0.278 e. The van der Waals surface area contributed by atoms with E-state index in [1.165, 1.54) is 6.42 Å². The zero-order valence-corrected chi connectivity index (χ0v) is 21.8. The fourth-order valence-corrected chi connectivity index (χ4v) is 5.07. The Balaban J connectivity index is 1.72. The number of carbonyl (C=O) groups is 1. The largest absolute Gasteiger partial charge is 0.348 e. The molecule has 0 unspecified atom stereocenters. The zero-order valence-electron chi connectivity index (χ0n) is 20.3. The molecule has 3 aromatic carbocycles.